The van der Waals surface area contributed by atoms with Gasteiger partial charge in [-0.05, 0) is 6.07 Å². The fourth-order valence-corrected chi connectivity index (χ4v) is 1.88. The van der Waals surface area contributed by atoms with E-state index in [0.29, 0.717) is 11.1 Å². The Balaban J connectivity index is 2.56. The lowest BCUT2D eigenvalue weighted by molar-refractivity contribution is -0.384. The summed E-state index contributed by atoms with van der Waals surface area (Å²) in [4.78, 5) is 10.2. The Kier molecular flexibility index (Phi) is 3.77. The van der Waals surface area contributed by atoms with Crippen molar-refractivity contribution >= 4 is 23.0 Å². The van der Waals surface area contributed by atoms with Crippen LogP contribution in [0.2, 0.25) is 5.02 Å². The van der Waals surface area contributed by atoms with Gasteiger partial charge in [0, 0.05) is 23.3 Å². The Morgan fingerprint density at radius 3 is 2.47 bits per heavy atom. The maximum atomic E-state index is 10.8. The first-order valence-corrected chi connectivity index (χ1v) is 5.73. The summed E-state index contributed by atoms with van der Waals surface area (Å²) in [5, 5.41) is 23.4. The van der Waals surface area contributed by atoms with Gasteiger partial charge in [-0.1, -0.05) is 47.1 Å². The van der Waals surface area contributed by atoms with Crippen LogP contribution < -0.4 is 0 Å². The normalized spacial score (nSPS) is 11.3. The molecular weight excluding hydrogens is 268 g/mol. The highest BCUT2D eigenvalue weighted by Crippen LogP contribution is 2.25. The minimum Gasteiger partial charge on any atom is -0.410 e. The zero-order valence-corrected chi connectivity index (χ0v) is 10.4. The van der Waals surface area contributed by atoms with Crippen molar-refractivity contribution in [1.82, 2.24) is 0 Å². The Labute approximate surface area is 113 Å². The van der Waals surface area contributed by atoms with Crippen molar-refractivity contribution < 1.29 is 10.1 Å². The predicted molar refractivity (Wildman–Crippen MR) is 72.0 cm³/mol. The zero-order chi connectivity index (χ0) is 13.8. The maximum absolute atomic E-state index is 10.8. The molecule has 5 nitrogen and oxygen atoms in total. The summed E-state index contributed by atoms with van der Waals surface area (Å²) in [5.74, 6) is 0. The first kappa shape index (κ1) is 13.0. The van der Waals surface area contributed by atoms with Crippen molar-refractivity contribution in [1.29, 1.82) is 0 Å². The Hall–Kier alpha value is -2.40. The molecule has 19 heavy (non-hydrogen) atoms. The second kappa shape index (κ2) is 5.49. The highest BCUT2D eigenvalue weighted by atomic mass is 35.5. The lowest BCUT2D eigenvalue weighted by atomic mass is 10.0. The molecule has 0 heterocycles. The van der Waals surface area contributed by atoms with E-state index in [1.165, 1.54) is 18.2 Å². The fourth-order valence-electron chi connectivity index (χ4n) is 1.67. The van der Waals surface area contributed by atoms with Crippen molar-refractivity contribution in [2.24, 2.45) is 5.16 Å². The second-order valence-corrected chi connectivity index (χ2v) is 4.14. The molecule has 0 aromatic heterocycles. The number of nitrogens with zero attached hydrogens (tertiary/aromatic N) is 2. The molecule has 2 rings (SSSR count). The summed E-state index contributed by atoms with van der Waals surface area (Å²) in [5.41, 5.74) is 1.00. The SMILES string of the molecule is O=[N+]([O-])c1ccc(Cl)c(C(=NO)c2ccccc2)c1. The molecule has 0 aliphatic carbocycles. The fraction of sp³-hybridized carbons (Fsp3) is 0. The van der Waals surface area contributed by atoms with Crippen molar-refractivity contribution in [2.75, 3.05) is 0 Å². The van der Waals surface area contributed by atoms with Gasteiger partial charge >= 0.3 is 0 Å². The van der Waals surface area contributed by atoms with E-state index in [0.717, 1.165) is 0 Å². The van der Waals surface area contributed by atoms with Gasteiger partial charge in [0.15, 0.2) is 0 Å². The summed E-state index contributed by atoms with van der Waals surface area (Å²) >= 11 is 6.01. The molecule has 6 heteroatoms. The van der Waals surface area contributed by atoms with Gasteiger partial charge in [-0.3, -0.25) is 10.1 Å². The van der Waals surface area contributed by atoms with Gasteiger partial charge in [0.05, 0.1) is 9.95 Å². The third-order valence-electron chi connectivity index (χ3n) is 2.56. The average Bonchev–Trinajstić information content (AvgIpc) is 2.42. The van der Waals surface area contributed by atoms with E-state index in [1.807, 2.05) is 6.07 Å². The minimum absolute atomic E-state index is 0.114. The molecule has 0 fully saturated rings. The molecule has 0 radical (unpaired) electrons. The van der Waals surface area contributed by atoms with Crippen LogP contribution in [0, 0.1) is 10.1 Å². The summed E-state index contributed by atoms with van der Waals surface area (Å²) in [6, 6.07) is 12.8. The van der Waals surface area contributed by atoms with Crippen LogP contribution in [0.3, 0.4) is 0 Å². The number of nitro groups is 1. The first-order chi connectivity index (χ1) is 9.13. The van der Waals surface area contributed by atoms with Crippen LogP contribution in [-0.2, 0) is 0 Å². The van der Waals surface area contributed by atoms with Gasteiger partial charge in [-0.2, -0.15) is 0 Å². The van der Waals surface area contributed by atoms with Crippen LogP contribution in [0.15, 0.2) is 53.7 Å². The largest absolute Gasteiger partial charge is 0.410 e. The highest BCUT2D eigenvalue weighted by Gasteiger charge is 2.16. The van der Waals surface area contributed by atoms with E-state index in [2.05, 4.69) is 5.16 Å². The van der Waals surface area contributed by atoms with E-state index in [1.54, 1.807) is 24.3 Å². The van der Waals surface area contributed by atoms with Crippen molar-refractivity contribution in [2.45, 2.75) is 0 Å². The molecule has 0 bridgehead atoms. The molecule has 96 valence electrons. The molecule has 0 aliphatic rings. The average molecular weight is 277 g/mol. The maximum Gasteiger partial charge on any atom is 0.270 e. The van der Waals surface area contributed by atoms with E-state index >= 15 is 0 Å². The standard InChI is InChI=1S/C13H9ClN2O3/c14-12-7-6-10(16(18)19)8-11(12)13(15-17)9-4-2-1-3-5-9/h1-8,17H. The van der Waals surface area contributed by atoms with Gasteiger partial charge in [0.25, 0.3) is 5.69 Å². The summed E-state index contributed by atoms with van der Waals surface area (Å²) in [7, 11) is 0. The first-order valence-electron chi connectivity index (χ1n) is 5.35. The molecule has 2 aromatic rings. The molecule has 0 unspecified atom stereocenters. The van der Waals surface area contributed by atoms with E-state index in [9.17, 15) is 10.1 Å². The number of rotatable bonds is 3. The topological polar surface area (TPSA) is 75.7 Å². The lowest BCUT2D eigenvalue weighted by Gasteiger charge is -2.06. The van der Waals surface area contributed by atoms with Gasteiger partial charge in [-0.25, -0.2) is 0 Å². The van der Waals surface area contributed by atoms with Crippen LogP contribution in [0.4, 0.5) is 5.69 Å². The number of oxime groups is 1. The summed E-state index contributed by atoms with van der Waals surface area (Å²) in [6.45, 7) is 0. The van der Waals surface area contributed by atoms with Crippen LogP contribution in [0.25, 0.3) is 0 Å². The van der Waals surface area contributed by atoms with Crippen LogP contribution in [-0.4, -0.2) is 15.8 Å². The van der Waals surface area contributed by atoms with E-state index in [4.69, 9.17) is 16.8 Å². The highest BCUT2D eigenvalue weighted by molar-refractivity contribution is 6.35. The number of halogens is 1. The number of nitro benzene ring substituents is 1. The van der Waals surface area contributed by atoms with Crippen LogP contribution >= 0.6 is 11.6 Å². The number of benzene rings is 2. The predicted octanol–water partition coefficient (Wildman–Crippen LogP) is 3.47. The summed E-state index contributed by atoms with van der Waals surface area (Å²) in [6.07, 6.45) is 0. The second-order valence-electron chi connectivity index (χ2n) is 3.74. The number of hydrogen-bond acceptors (Lipinski definition) is 4. The third kappa shape index (κ3) is 2.71. The minimum atomic E-state index is -0.528. The molecule has 0 aliphatic heterocycles. The molecule has 0 saturated carbocycles. The molecule has 1 N–H and O–H groups in total. The molecule has 0 spiro atoms. The van der Waals surface area contributed by atoms with Crippen molar-refractivity contribution in [3.8, 4) is 0 Å². The van der Waals surface area contributed by atoms with Crippen molar-refractivity contribution in [3.63, 3.8) is 0 Å². The third-order valence-corrected chi connectivity index (χ3v) is 2.89. The van der Waals surface area contributed by atoms with Gasteiger partial charge in [0.2, 0.25) is 0 Å². The number of hydrogen-bond donors (Lipinski definition) is 1. The smallest absolute Gasteiger partial charge is 0.270 e. The Bertz CT molecular complexity index is 642. The van der Waals surface area contributed by atoms with Crippen LogP contribution in [0.1, 0.15) is 11.1 Å². The summed E-state index contributed by atoms with van der Waals surface area (Å²) < 4.78 is 0. The molecule has 2 aromatic carbocycles. The van der Waals surface area contributed by atoms with Crippen LogP contribution in [0.5, 0.6) is 0 Å². The van der Waals surface area contributed by atoms with E-state index in [-0.39, 0.29) is 16.4 Å². The lowest BCUT2D eigenvalue weighted by Crippen LogP contribution is -2.05. The van der Waals surface area contributed by atoms with Gasteiger partial charge < -0.3 is 5.21 Å². The quantitative estimate of drug-likeness (QED) is 0.403. The zero-order valence-electron chi connectivity index (χ0n) is 9.65. The Morgan fingerprint density at radius 2 is 1.89 bits per heavy atom. The van der Waals surface area contributed by atoms with Gasteiger partial charge in [-0.15, -0.1) is 0 Å². The molecule has 0 saturated heterocycles. The number of non-ortho nitro benzene ring substituents is 1. The molecular formula is C13H9ClN2O3. The monoisotopic (exact) mass is 276 g/mol. The van der Waals surface area contributed by atoms with Gasteiger partial charge in [0.1, 0.15) is 5.71 Å². The van der Waals surface area contributed by atoms with Crippen molar-refractivity contribution in [3.05, 3.63) is 74.8 Å². The Morgan fingerprint density at radius 1 is 1.21 bits per heavy atom. The van der Waals surface area contributed by atoms with E-state index < -0.39 is 4.92 Å². The molecule has 0 atom stereocenters. The molecule has 0 amide bonds.